The zero-order valence-electron chi connectivity index (χ0n) is 6.43. The fraction of sp³-hybridized carbons (Fsp3) is 0. The van der Waals surface area contributed by atoms with Crippen molar-refractivity contribution in [3.05, 3.63) is 0 Å². The average Bonchev–Trinajstić information content (AvgIpc) is 1.25. The molecule has 15 heavy (non-hydrogen) atoms. The molecule has 0 rings (SSSR count). The molecule has 0 saturated carbocycles. The summed E-state index contributed by atoms with van der Waals surface area (Å²) in [4.78, 5) is 0. The molecular weight excluding hydrogens is 344 g/mol. The van der Waals surface area contributed by atoms with Crippen molar-refractivity contribution in [2.75, 3.05) is 0 Å². The number of hydrogen-bond acceptors (Lipinski definition) is 0. The first-order chi connectivity index (χ1) is 3.46. The average molecular weight is 358 g/mol. The maximum absolute atomic E-state index is 9.73. The van der Waals surface area contributed by atoms with E-state index in [0.717, 1.165) is 0 Å². The fourth-order valence-electron chi connectivity index (χ4n) is 0. The van der Waals surface area contributed by atoms with E-state index in [0.29, 0.717) is 0 Å². The SMILES string of the molecule is O.O.O.O.O.O.O.[F][Co]([F])[F].[F][Co]([F])[F]. The van der Waals surface area contributed by atoms with Crippen LogP contribution in [0.5, 0.6) is 0 Å². The van der Waals surface area contributed by atoms with E-state index in [1.54, 1.807) is 0 Å². The zero-order chi connectivity index (χ0) is 7.15. The van der Waals surface area contributed by atoms with Gasteiger partial charge >= 0.3 is 51.5 Å². The van der Waals surface area contributed by atoms with Crippen molar-refractivity contribution in [3.8, 4) is 0 Å². The van der Waals surface area contributed by atoms with Gasteiger partial charge in [0.2, 0.25) is 0 Å². The summed E-state index contributed by atoms with van der Waals surface area (Å²) in [6.45, 7) is 0. The van der Waals surface area contributed by atoms with Gasteiger partial charge in [0.15, 0.2) is 0 Å². The molecule has 0 heterocycles. The Morgan fingerprint density at radius 1 is 0.333 bits per heavy atom. The summed E-state index contributed by atoms with van der Waals surface area (Å²) in [6.07, 6.45) is 0. The van der Waals surface area contributed by atoms with Gasteiger partial charge in [0.05, 0.1) is 0 Å². The van der Waals surface area contributed by atoms with E-state index in [1.165, 1.54) is 0 Å². The Kier molecular flexibility index (Phi) is 334. The fourth-order valence-corrected chi connectivity index (χ4v) is 0. The molecule has 0 aromatic heterocycles. The molecule has 7 nitrogen and oxygen atoms in total. The summed E-state index contributed by atoms with van der Waals surface area (Å²) < 4.78 is 58.4. The van der Waals surface area contributed by atoms with Crippen LogP contribution >= 0.6 is 0 Å². The third-order valence-corrected chi connectivity index (χ3v) is 0. The number of rotatable bonds is 0. The van der Waals surface area contributed by atoms with Gasteiger partial charge in [-0.2, -0.15) is 0 Å². The van der Waals surface area contributed by atoms with E-state index in [9.17, 15) is 21.5 Å². The van der Waals surface area contributed by atoms with Crippen molar-refractivity contribution in [1.82, 2.24) is 0 Å². The molecule has 0 aliphatic heterocycles. The van der Waals surface area contributed by atoms with Gasteiger partial charge in [0.1, 0.15) is 0 Å². The van der Waals surface area contributed by atoms with E-state index in [-0.39, 0.29) is 38.3 Å². The Balaban J connectivity index is -0.00000000468. The number of hydrogen-bond donors (Lipinski definition) is 0. The van der Waals surface area contributed by atoms with Crippen LogP contribution in [-0.4, -0.2) is 38.3 Å². The standard InChI is InChI=1S/2Co.6FH.7H2O/h;;6*1H;7*1H2/q2*+3;;;;;;;;;;;;;/p-6. The molecule has 0 fully saturated rings. The van der Waals surface area contributed by atoms with E-state index >= 15 is 0 Å². The third kappa shape index (κ3) is 22200. The summed E-state index contributed by atoms with van der Waals surface area (Å²) in [5.41, 5.74) is 0. The topological polar surface area (TPSA) is 220 Å². The van der Waals surface area contributed by atoms with E-state index < -0.39 is 30.0 Å². The molecule has 0 unspecified atom stereocenters. The van der Waals surface area contributed by atoms with E-state index in [2.05, 4.69) is 0 Å². The Labute approximate surface area is 90.4 Å². The first kappa shape index (κ1) is 78.7. The normalized spacial score (nSPS) is 6.00. The van der Waals surface area contributed by atoms with Gasteiger partial charge in [-0.3, -0.25) is 0 Å². The Morgan fingerprint density at radius 2 is 0.333 bits per heavy atom. The molecule has 0 saturated heterocycles. The minimum atomic E-state index is -4.10. The van der Waals surface area contributed by atoms with Crippen LogP contribution in [-0.2, 0) is 30.0 Å². The van der Waals surface area contributed by atoms with Gasteiger partial charge in [-0.15, -0.1) is 0 Å². The first-order valence-corrected chi connectivity index (χ1v) is 3.12. The number of halogens is 6. The Morgan fingerprint density at radius 3 is 0.333 bits per heavy atom. The summed E-state index contributed by atoms with van der Waals surface area (Å²) in [5.74, 6) is 0. The molecule has 0 aromatic carbocycles. The van der Waals surface area contributed by atoms with Gasteiger partial charge in [0.25, 0.3) is 0 Å². The van der Waals surface area contributed by atoms with E-state index in [1.807, 2.05) is 0 Å². The molecule has 0 aromatic rings. The van der Waals surface area contributed by atoms with Crippen molar-refractivity contribution in [3.63, 3.8) is 0 Å². The van der Waals surface area contributed by atoms with E-state index in [4.69, 9.17) is 0 Å². The predicted octanol–water partition coefficient (Wildman–Crippen LogP) is -3.26. The van der Waals surface area contributed by atoms with Crippen molar-refractivity contribution in [1.29, 1.82) is 0 Å². The zero-order valence-corrected chi connectivity index (χ0v) is 8.52. The van der Waals surface area contributed by atoms with Gasteiger partial charge in [-0.25, -0.2) is 0 Å². The summed E-state index contributed by atoms with van der Waals surface area (Å²) in [5, 5.41) is 0. The molecule has 15 heteroatoms. The Bertz CT molecular complexity index is 37.0. The van der Waals surface area contributed by atoms with Crippen LogP contribution in [0.1, 0.15) is 0 Å². The first-order valence-electron chi connectivity index (χ1n) is 0.756. The third-order valence-electron chi connectivity index (χ3n) is 0. The van der Waals surface area contributed by atoms with Crippen LogP contribution in [0.4, 0.5) is 21.5 Å². The van der Waals surface area contributed by atoms with Crippen molar-refractivity contribution >= 4 is 0 Å². The molecule has 0 amide bonds. The minimum absolute atomic E-state index is 0. The molecule has 0 atom stereocenters. The van der Waals surface area contributed by atoms with Crippen molar-refractivity contribution in [2.45, 2.75) is 0 Å². The molecule has 0 radical (unpaired) electrons. The van der Waals surface area contributed by atoms with Crippen LogP contribution in [0.2, 0.25) is 0 Å². The van der Waals surface area contributed by atoms with Crippen LogP contribution in [0.15, 0.2) is 0 Å². The monoisotopic (exact) mass is 358 g/mol. The second kappa shape index (κ2) is 63.7. The molecule has 0 aliphatic carbocycles. The van der Waals surface area contributed by atoms with Gasteiger partial charge < -0.3 is 38.3 Å². The molecule has 116 valence electrons. The molecule has 0 bridgehead atoms. The molecular formula is H14Co2F6O7. The van der Waals surface area contributed by atoms with Gasteiger partial charge in [-0.05, 0) is 0 Å². The second-order valence-electron chi connectivity index (χ2n) is 0.286. The van der Waals surface area contributed by atoms with Crippen LogP contribution in [0.3, 0.4) is 0 Å². The summed E-state index contributed by atoms with van der Waals surface area (Å²) in [6, 6.07) is 0. The van der Waals surface area contributed by atoms with Crippen LogP contribution in [0.25, 0.3) is 0 Å². The van der Waals surface area contributed by atoms with Crippen LogP contribution in [0, 0.1) is 0 Å². The Hall–Kier alpha value is 0.313. The maximum atomic E-state index is 9.73. The van der Waals surface area contributed by atoms with Gasteiger partial charge in [-0.1, -0.05) is 0 Å². The summed E-state index contributed by atoms with van der Waals surface area (Å²) in [7, 11) is 0. The molecule has 0 aliphatic rings. The van der Waals surface area contributed by atoms with Crippen molar-refractivity contribution < 1.29 is 89.8 Å². The van der Waals surface area contributed by atoms with Crippen LogP contribution < -0.4 is 0 Å². The molecule has 0 spiro atoms. The van der Waals surface area contributed by atoms with Gasteiger partial charge in [0, 0.05) is 0 Å². The second-order valence-corrected chi connectivity index (χ2v) is 1.18. The summed E-state index contributed by atoms with van der Waals surface area (Å²) >= 11 is -8.21. The molecule has 14 N–H and O–H groups in total. The van der Waals surface area contributed by atoms with Crippen molar-refractivity contribution in [2.24, 2.45) is 0 Å². The quantitative estimate of drug-likeness (QED) is 0.389. The predicted molar refractivity (Wildman–Crippen MR) is 31.9 cm³/mol.